The molecule has 130 valence electrons. The average molecular weight is 339 g/mol. The Bertz CT molecular complexity index is 898. The highest BCUT2D eigenvalue weighted by molar-refractivity contribution is 6.07. The van der Waals surface area contributed by atoms with Gasteiger partial charge in [0.2, 0.25) is 0 Å². The van der Waals surface area contributed by atoms with Gasteiger partial charge in [0.25, 0.3) is 5.91 Å². The van der Waals surface area contributed by atoms with Crippen molar-refractivity contribution in [1.82, 2.24) is 14.7 Å². The molecule has 1 fully saturated rings. The van der Waals surface area contributed by atoms with Crippen molar-refractivity contribution in [2.45, 2.75) is 25.8 Å². The van der Waals surface area contributed by atoms with Crippen molar-refractivity contribution in [3.8, 4) is 5.75 Å². The third kappa shape index (κ3) is 2.77. The van der Waals surface area contributed by atoms with Crippen LogP contribution in [0.3, 0.4) is 0 Å². The summed E-state index contributed by atoms with van der Waals surface area (Å²) < 4.78 is 13.0. The number of ether oxygens (including phenoxy) is 1. The van der Waals surface area contributed by atoms with Crippen LogP contribution in [0.4, 0.5) is 0 Å². The maximum Gasteiger partial charge on any atom is 0.258 e. The maximum absolute atomic E-state index is 13.2. The van der Waals surface area contributed by atoms with Gasteiger partial charge in [-0.05, 0) is 44.0 Å². The number of amides is 1. The summed E-state index contributed by atoms with van der Waals surface area (Å²) in [6, 6.07) is 7.70. The Hall–Kier alpha value is -2.76. The fourth-order valence-electron chi connectivity index (χ4n) is 3.60. The van der Waals surface area contributed by atoms with E-state index in [1.165, 1.54) is 0 Å². The SMILES string of the molecule is COc1ccc2oc(C)c(C(=O)N3CCCC(n4cccn4)C3)c2c1. The van der Waals surface area contributed by atoms with Crippen molar-refractivity contribution < 1.29 is 13.9 Å². The number of methoxy groups -OCH3 is 1. The second-order valence-electron chi connectivity index (χ2n) is 6.43. The lowest BCUT2D eigenvalue weighted by Crippen LogP contribution is -2.41. The fraction of sp³-hybridized carbons (Fsp3) is 0.368. The first-order chi connectivity index (χ1) is 12.2. The highest BCUT2D eigenvalue weighted by atomic mass is 16.5. The molecule has 3 heterocycles. The van der Waals surface area contributed by atoms with Gasteiger partial charge in [-0.3, -0.25) is 9.48 Å². The monoisotopic (exact) mass is 339 g/mol. The zero-order valence-corrected chi connectivity index (χ0v) is 14.4. The molecule has 1 unspecified atom stereocenters. The summed E-state index contributed by atoms with van der Waals surface area (Å²) in [7, 11) is 1.62. The summed E-state index contributed by atoms with van der Waals surface area (Å²) in [5.74, 6) is 1.38. The largest absolute Gasteiger partial charge is 0.497 e. The summed E-state index contributed by atoms with van der Waals surface area (Å²) in [6.07, 6.45) is 5.74. The van der Waals surface area contributed by atoms with Crippen LogP contribution in [-0.4, -0.2) is 40.8 Å². The molecule has 3 aromatic rings. The van der Waals surface area contributed by atoms with Crippen LogP contribution in [0, 0.1) is 6.92 Å². The molecule has 1 aliphatic heterocycles. The summed E-state index contributed by atoms with van der Waals surface area (Å²) in [6.45, 7) is 3.26. The molecule has 4 rings (SSSR count). The second kappa shape index (κ2) is 6.27. The normalized spacial score (nSPS) is 17.8. The Kier molecular flexibility index (Phi) is 3.95. The van der Waals surface area contributed by atoms with E-state index in [-0.39, 0.29) is 11.9 Å². The van der Waals surface area contributed by atoms with Gasteiger partial charge in [-0.2, -0.15) is 5.10 Å². The van der Waals surface area contributed by atoms with E-state index in [0.717, 1.165) is 30.5 Å². The number of likely N-dealkylation sites (tertiary alicyclic amines) is 1. The third-order valence-electron chi connectivity index (χ3n) is 4.87. The van der Waals surface area contributed by atoms with E-state index in [0.29, 0.717) is 23.5 Å². The Morgan fingerprint density at radius 3 is 3.04 bits per heavy atom. The first kappa shape index (κ1) is 15.7. The highest BCUT2D eigenvalue weighted by Gasteiger charge is 2.29. The van der Waals surface area contributed by atoms with Gasteiger partial charge in [0.05, 0.1) is 18.7 Å². The number of carbonyl (C=O) groups excluding carboxylic acids is 1. The second-order valence-corrected chi connectivity index (χ2v) is 6.43. The molecular weight excluding hydrogens is 318 g/mol. The van der Waals surface area contributed by atoms with Crippen molar-refractivity contribution in [2.24, 2.45) is 0 Å². The number of hydrogen-bond acceptors (Lipinski definition) is 4. The lowest BCUT2D eigenvalue weighted by atomic mass is 10.0. The molecule has 2 aromatic heterocycles. The molecule has 25 heavy (non-hydrogen) atoms. The average Bonchev–Trinajstić information content (AvgIpc) is 3.28. The van der Waals surface area contributed by atoms with Gasteiger partial charge in [0.15, 0.2) is 0 Å². The minimum absolute atomic E-state index is 0.0151. The van der Waals surface area contributed by atoms with Gasteiger partial charge in [-0.15, -0.1) is 0 Å². The Labute approximate surface area is 146 Å². The minimum Gasteiger partial charge on any atom is -0.497 e. The molecule has 1 atom stereocenters. The Morgan fingerprint density at radius 2 is 2.28 bits per heavy atom. The molecule has 1 amide bonds. The number of fused-ring (bicyclic) bond motifs is 1. The third-order valence-corrected chi connectivity index (χ3v) is 4.87. The van der Waals surface area contributed by atoms with Crippen LogP contribution >= 0.6 is 0 Å². The van der Waals surface area contributed by atoms with Gasteiger partial charge < -0.3 is 14.1 Å². The maximum atomic E-state index is 13.2. The Morgan fingerprint density at radius 1 is 1.40 bits per heavy atom. The molecular formula is C19H21N3O3. The van der Waals surface area contributed by atoms with E-state index in [2.05, 4.69) is 5.10 Å². The fourth-order valence-corrected chi connectivity index (χ4v) is 3.60. The van der Waals surface area contributed by atoms with E-state index in [4.69, 9.17) is 9.15 Å². The van der Waals surface area contributed by atoms with E-state index in [1.807, 2.05) is 47.0 Å². The van der Waals surface area contributed by atoms with Crippen molar-refractivity contribution in [3.63, 3.8) is 0 Å². The number of aryl methyl sites for hydroxylation is 1. The van der Waals surface area contributed by atoms with Crippen LogP contribution in [0.25, 0.3) is 11.0 Å². The van der Waals surface area contributed by atoms with Crippen molar-refractivity contribution in [2.75, 3.05) is 20.2 Å². The number of rotatable bonds is 3. The zero-order valence-electron chi connectivity index (χ0n) is 14.4. The van der Waals surface area contributed by atoms with Gasteiger partial charge in [-0.25, -0.2) is 0 Å². The van der Waals surface area contributed by atoms with Gasteiger partial charge in [0.1, 0.15) is 17.1 Å². The van der Waals surface area contributed by atoms with Crippen LogP contribution in [0.2, 0.25) is 0 Å². The lowest BCUT2D eigenvalue weighted by molar-refractivity contribution is 0.0673. The smallest absolute Gasteiger partial charge is 0.258 e. The molecule has 0 aliphatic carbocycles. The molecule has 0 saturated carbocycles. The lowest BCUT2D eigenvalue weighted by Gasteiger charge is -2.32. The van der Waals surface area contributed by atoms with E-state index < -0.39 is 0 Å². The number of aromatic nitrogens is 2. The molecule has 0 spiro atoms. The van der Waals surface area contributed by atoms with E-state index in [1.54, 1.807) is 13.3 Å². The predicted molar refractivity (Wildman–Crippen MR) is 93.9 cm³/mol. The van der Waals surface area contributed by atoms with Crippen LogP contribution < -0.4 is 4.74 Å². The molecule has 0 radical (unpaired) electrons. The highest BCUT2D eigenvalue weighted by Crippen LogP contribution is 2.31. The predicted octanol–water partition coefficient (Wildman–Crippen LogP) is 3.42. The molecule has 6 nitrogen and oxygen atoms in total. The van der Waals surface area contributed by atoms with Crippen LogP contribution in [0.5, 0.6) is 5.75 Å². The zero-order chi connectivity index (χ0) is 17.4. The number of furan rings is 1. The summed E-state index contributed by atoms with van der Waals surface area (Å²) in [4.78, 5) is 15.1. The van der Waals surface area contributed by atoms with Crippen LogP contribution in [0.1, 0.15) is 35.0 Å². The molecule has 1 saturated heterocycles. The number of piperidine rings is 1. The van der Waals surface area contributed by atoms with Gasteiger partial charge in [0, 0.05) is 30.9 Å². The first-order valence-corrected chi connectivity index (χ1v) is 8.53. The minimum atomic E-state index is 0.0151. The molecule has 0 bridgehead atoms. The quantitative estimate of drug-likeness (QED) is 0.733. The van der Waals surface area contributed by atoms with Crippen molar-refractivity contribution >= 4 is 16.9 Å². The standard InChI is InChI=1S/C19H21N3O3/c1-13-18(16-11-15(24-2)6-7-17(16)25-13)19(23)21-9-3-5-14(12-21)22-10-4-8-20-22/h4,6-8,10-11,14H,3,5,9,12H2,1-2H3. The van der Waals surface area contributed by atoms with Gasteiger partial charge in [-0.1, -0.05) is 0 Å². The Balaban J connectivity index is 1.66. The van der Waals surface area contributed by atoms with Crippen molar-refractivity contribution in [1.29, 1.82) is 0 Å². The number of carbonyl (C=O) groups is 1. The summed E-state index contributed by atoms with van der Waals surface area (Å²) >= 11 is 0. The molecule has 6 heteroatoms. The molecule has 1 aromatic carbocycles. The van der Waals surface area contributed by atoms with E-state index in [9.17, 15) is 4.79 Å². The first-order valence-electron chi connectivity index (χ1n) is 8.53. The van der Waals surface area contributed by atoms with Crippen LogP contribution in [0.15, 0.2) is 41.1 Å². The molecule has 1 aliphatic rings. The van der Waals surface area contributed by atoms with Gasteiger partial charge >= 0.3 is 0 Å². The van der Waals surface area contributed by atoms with Crippen LogP contribution in [-0.2, 0) is 0 Å². The van der Waals surface area contributed by atoms with E-state index >= 15 is 0 Å². The topological polar surface area (TPSA) is 60.5 Å². The number of benzene rings is 1. The number of hydrogen-bond donors (Lipinski definition) is 0. The summed E-state index contributed by atoms with van der Waals surface area (Å²) in [5, 5.41) is 5.14. The van der Waals surface area contributed by atoms with Crippen molar-refractivity contribution in [3.05, 3.63) is 48.0 Å². The number of nitrogens with zero attached hydrogens (tertiary/aromatic N) is 3. The summed E-state index contributed by atoms with van der Waals surface area (Å²) in [5.41, 5.74) is 1.34. The molecule has 0 N–H and O–H groups in total.